The Morgan fingerprint density at radius 3 is 2.00 bits per heavy atom. The van der Waals surface area contributed by atoms with Crippen LogP contribution in [0.3, 0.4) is 0 Å². The van der Waals surface area contributed by atoms with E-state index in [4.69, 9.17) is 0 Å². The number of amides is 2. The lowest BCUT2D eigenvalue weighted by atomic mass is 10.1. The molecule has 0 radical (unpaired) electrons. The van der Waals surface area contributed by atoms with Crippen molar-refractivity contribution in [1.29, 1.82) is 0 Å². The molecule has 0 atom stereocenters. The molecule has 0 aromatic heterocycles. The summed E-state index contributed by atoms with van der Waals surface area (Å²) in [6.45, 7) is 0. The summed E-state index contributed by atoms with van der Waals surface area (Å²) in [5.74, 6) is -0.908. The molecular weight excluding hydrogens is 248 g/mol. The van der Waals surface area contributed by atoms with Crippen molar-refractivity contribution in [3.63, 3.8) is 0 Å². The van der Waals surface area contributed by atoms with Gasteiger partial charge in [-0.3, -0.25) is 40.7 Å². The van der Waals surface area contributed by atoms with Crippen LogP contribution < -0.4 is 10.9 Å². The highest BCUT2D eigenvalue weighted by Gasteiger charge is 2.19. The van der Waals surface area contributed by atoms with Gasteiger partial charge in [-0.05, 0) is 0 Å². The highest BCUT2D eigenvalue weighted by atomic mass is 16.6. The zero-order chi connectivity index (χ0) is 13.7. The fourth-order valence-corrected chi connectivity index (χ4v) is 1.10. The second kappa shape index (κ2) is 5.34. The summed E-state index contributed by atoms with van der Waals surface area (Å²) in [5.41, 5.74) is 2.19. The van der Waals surface area contributed by atoms with Crippen molar-refractivity contribution in [2.24, 2.45) is 0 Å². The number of benzene rings is 1. The van der Waals surface area contributed by atoms with Crippen LogP contribution in [0.25, 0.3) is 0 Å². The summed E-state index contributed by atoms with van der Waals surface area (Å²) in [5, 5.41) is 21.1. The minimum Gasteiger partial charge on any atom is -0.277 e. The lowest BCUT2D eigenvalue weighted by molar-refractivity contribution is -0.394. The molecule has 94 valence electrons. The van der Waals surface area contributed by atoms with E-state index in [0.717, 1.165) is 18.2 Å². The second-order valence-electron chi connectivity index (χ2n) is 2.97. The number of carbonyl (C=O) groups excluding carboxylic acids is 2. The van der Waals surface area contributed by atoms with Crippen molar-refractivity contribution < 1.29 is 19.4 Å². The standard InChI is InChI=1S/C8H6N4O6/c13-4-9-10-8(14)5-1-6(11(15)16)3-7(2-5)12(17)18/h1-4H,(H,9,13)(H,10,14). The molecule has 0 fully saturated rings. The summed E-state index contributed by atoms with van der Waals surface area (Å²) in [4.78, 5) is 40.7. The molecule has 0 spiro atoms. The number of non-ortho nitro benzene ring substituents is 2. The van der Waals surface area contributed by atoms with Crippen LogP contribution in [0.1, 0.15) is 10.4 Å². The Bertz CT molecular complexity index is 496. The van der Waals surface area contributed by atoms with Crippen molar-refractivity contribution in [2.75, 3.05) is 0 Å². The quantitative estimate of drug-likeness (QED) is 0.426. The first-order valence-corrected chi connectivity index (χ1v) is 4.39. The fourth-order valence-electron chi connectivity index (χ4n) is 1.10. The predicted molar refractivity (Wildman–Crippen MR) is 56.4 cm³/mol. The third-order valence-electron chi connectivity index (χ3n) is 1.83. The smallest absolute Gasteiger partial charge is 0.277 e. The van der Waals surface area contributed by atoms with Gasteiger partial charge < -0.3 is 0 Å². The molecule has 0 saturated heterocycles. The first kappa shape index (κ1) is 13.0. The van der Waals surface area contributed by atoms with Crippen LogP contribution >= 0.6 is 0 Å². The van der Waals surface area contributed by atoms with Gasteiger partial charge in [0.15, 0.2) is 0 Å². The highest BCUT2D eigenvalue weighted by molar-refractivity contribution is 5.95. The molecule has 0 aliphatic rings. The Labute approximate surface area is 98.9 Å². The first-order chi connectivity index (χ1) is 8.45. The van der Waals surface area contributed by atoms with Gasteiger partial charge in [-0.1, -0.05) is 0 Å². The normalized spacial score (nSPS) is 9.33. The molecule has 0 aliphatic carbocycles. The van der Waals surface area contributed by atoms with Crippen molar-refractivity contribution in [3.05, 3.63) is 44.0 Å². The maximum atomic E-state index is 11.4. The molecule has 1 rings (SSSR count). The minimum absolute atomic E-state index is 0.170. The number of hydrogen-bond donors (Lipinski definition) is 2. The van der Waals surface area contributed by atoms with Crippen molar-refractivity contribution in [1.82, 2.24) is 10.9 Å². The van der Waals surface area contributed by atoms with E-state index in [1.165, 1.54) is 0 Å². The number of nitro benzene ring substituents is 2. The molecule has 0 saturated carbocycles. The van der Waals surface area contributed by atoms with E-state index in [0.29, 0.717) is 0 Å². The van der Waals surface area contributed by atoms with Gasteiger partial charge >= 0.3 is 0 Å². The minimum atomic E-state index is -0.908. The second-order valence-corrected chi connectivity index (χ2v) is 2.97. The molecule has 10 nitrogen and oxygen atoms in total. The van der Waals surface area contributed by atoms with Gasteiger partial charge in [0.25, 0.3) is 17.3 Å². The number of nitro groups is 2. The predicted octanol–water partition coefficient (Wildman–Crippen LogP) is -0.106. The van der Waals surface area contributed by atoms with Gasteiger partial charge in [-0.25, -0.2) is 0 Å². The van der Waals surface area contributed by atoms with Crippen LogP contribution in [0.15, 0.2) is 18.2 Å². The number of nitrogens with one attached hydrogen (secondary N) is 2. The first-order valence-electron chi connectivity index (χ1n) is 4.39. The molecule has 18 heavy (non-hydrogen) atoms. The Kier molecular flexibility index (Phi) is 3.86. The van der Waals surface area contributed by atoms with E-state index in [9.17, 15) is 29.8 Å². The van der Waals surface area contributed by atoms with Crippen LogP contribution in [0.4, 0.5) is 11.4 Å². The molecule has 0 heterocycles. The number of hydrogen-bond acceptors (Lipinski definition) is 6. The summed E-state index contributed by atoms with van der Waals surface area (Å²) in [6.07, 6.45) is 0.170. The molecule has 1 aromatic carbocycles. The molecule has 0 aliphatic heterocycles. The topological polar surface area (TPSA) is 144 Å². The SMILES string of the molecule is O=CNNC(=O)c1cc([N+](=O)[O-])cc([N+](=O)[O-])c1. The van der Waals surface area contributed by atoms with Crippen molar-refractivity contribution in [3.8, 4) is 0 Å². The zero-order valence-electron chi connectivity index (χ0n) is 8.65. The van der Waals surface area contributed by atoms with Gasteiger partial charge in [-0.2, -0.15) is 0 Å². The molecule has 2 amide bonds. The number of rotatable bonds is 5. The van der Waals surface area contributed by atoms with Gasteiger partial charge in [0.05, 0.1) is 21.5 Å². The molecular formula is C8H6N4O6. The van der Waals surface area contributed by atoms with E-state index < -0.39 is 27.1 Å². The maximum Gasteiger partial charge on any atom is 0.277 e. The van der Waals surface area contributed by atoms with Crippen LogP contribution in [0.5, 0.6) is 0 Å². The summed E-state index contributed by atoms with van der Waals surface area (Å²) >= 11 is 0. The van der Waals surface area contributed by atoms with Crippen LogP contribution in [-0.2, 0) is 4.79 Å². The Hall–Kier alpha value is -3.04. The van der Waals surface area contributed by atoms with Gasteiger partial charge in [0.1, 0.15) is 0 Å². The maximum absolute atomic E-state index is 11.4. The molecule has 2 N–H and O–H groups in total. The zero-order valence-corrected chi connectivity index (χ0v) is 8.65. The Morgan fingerprint density at radius 1 is 1.11 bits per heavy atom. The van der Waals surface area contributed by atoms with Gasteiger partial charge in [-0.15, -0.1) is 0 Å². The third kappa shape index (κ3) is 2.98. The number of hydrazine groups is 1. The number of carbonyl (C=O) groups is 2. The van der Waals surface area contributed by atoms with E-state index >= 15 is 0 Å². The summed E-state index contributed by atoms with van der Waals surface area (Å²) < 4.78 is 0. The number of nitrogens with zero attached hydrogens (tertiary/aromatic N) is 2. The molecule has 10 heteroatoms. The fraction of sp³-hybridized carbons (Fsp3) is 0. The Balaban J connectivity index is 3.18. The molecule has 0 bridgehead atoms. The monoisotopic (exact) mass is 254 g/mol. The molecule has 0 unspecified atom stereocenters. The van der Waals surface area contributed by atoms with Crippen molar-refractivity contribution >= 4 is 23.7 Å². The third-order valence-corrected chi connectivity index (χ3v) is 1.83. The van der Waals surface area contributed by atoms with Crippen molar-refractivity contribution in [2.45, 2.75) is 0 Å². The van der Waals surface area contributed by atoms with Crippen LogP contribution in [0.2, 0.25) is 0 Å². The molecule has 1 aromatic rings. The average Bonchev–Trinajstić information content (AvgIpc) is 2.35. The van der Waals surface area contributed by atoms with Crippen LogP contribution in [-0.4, -0.2) is 22.2 Å². The summed E-state index contributed by atoms with van der Waals surface area (Å²) in [6, 6.07) is 2.44. The highest BCUT2D eigenvalue weighted by Crippen LogP contribution is 2.22. The Morgan fingerprint density at radius 2 is 1.61 bits per heavy atom. The largest absolute Gasteiger partial charge is 0.277 e. The van der Waals surface area contributed by atoms with E-state index in [-0.39, 0.29) is 12.0 Å². The lowest BCUT2D eigenvalue weighted by Crippen LogP contribution is -2.36. The lowest BCUT2D eigenvalue weighted by Gasteiger charge is -2.02. The summed E-state index contributed by atoms with van der Waals surface area (Å²) in [7, 11) is 0. The van der Waals surface area contributed by atoms with Crippen LogP contribution in [0, 0.1) is 20.2 Å². The van der Waals surface area contributed by atoms with E-state index in [1.54, 1.807) is 0 Å². The average molecular weight is 254 g/mol. The van der Waals surface area contributed by atoms with E-state index in [1.807, 2.05) is 10.9 Å². The van der Waals surface area contributed by atoms with E-state index in [2.05, 4.69) is 0 Å². The van der Waals surface area contributed by atoms with Gasteiger partial charge in [0.2, 0.25) is 6.41 Å². The van der Waals surface area contributed by atoms with Gasteiger partial charge in [0, 0.05) is 12.1 Å².